The van der Waals surface area contributed by atoms with E-state index >= 15 is 0 Å². The van der Waals surface area contributed by atoms with E-state index in [1.165, 1.54) is 6.07 Å². The van der Waals surface area contributed by atoms with E-state index in [4.69, 9.17) is 0 Å². The number of nitrogens with zero attached hydrogens (tertiary/aromatic N) is 1. The Morgan fingerprint density at radius 2 is 1.83 bits per heavy atom. The van der Waals surface area contributed by atoms with E-state index in [2.05, 4.69) is 10.6 Å². The van der Waals surface area contributed by atoms with Crippen LogP contribution in [0.25, 0.3) is 0 Å². The summed E-state index contributed by atoms with van der Waals surface area (Å²) in [6, 6.07) is 11.6. The molecule has 0 radical (unpaired) electrons. The fourth-order valence-electron chi connectivity index (χ4n) is 4.69. The van der Waals surface area contributed by atoms with Gasteiger partial charge < -0.3 is 15.5 Å². The summed E-state index contributed by atoms with van der Waals surface area (Å²) in [4.78, 5) is 27.0. The SMILES string of the molecule is CC(C)NC(=O)Nc1cccc(C(=O)N2CC3(CCCC3)c3c(F)cccc32)c1. The van der Waals surface area contributed by atoms with E-state index in [9.17, 15) is 14.0 Å². The van der Waals surface area contributed by atoms with Gasteiger partial charge in [-0.2, -0.15) is 0 Å². The molecule has 3 amide bonds. The molecule has 0 bridgehead atoms. The zero-order valence-electron chi connectivity index (χ0n) is 16.8. The zero-order valence-corrected chi connectivity index (χ0v) is 16.8. The van der Waals surface area contributed by atoms with Gasteiger partial charge in [0.15, 0.2) is 0 Å². The van der Waals surface area contributed by atoms with Gasteiger partial charge in [0.25, 0.3) is 5.91 Å². The van der Waals surface area contributed by atoms with Crippen molar-refractivity contribution in [1.82, 2.24) is 5.32 Å². The van der Waals surface area contributed by atoms with Crippen LogP contribution >= 0.6 is 0 Å². The van der Waals surface area contributed by atoms with E-state index < -0.39 is 0 Å². The molecule has 1 aliphatic heterocycles. The summed E-state index contributed by atoms with van der Waals surface area (Å²) in [5.74, 6) is -0.394. The Kier molecular flexibility index (Phi) is 5.03. The molecule has 1 heterocycles. The average Bonchev–Trinajstić information content (AvgIpc) is 3.27. The molecule has 5 nitrogen and oxygen atoms in total. The number of halogens is 1. The molecule has 0 aromatic heterocycles. The number of nitrogens with one attached hydrogen (secondary N) is 2. The minimum absolute atomic E-state index is 0.0124. The van der Waals surface area contributed by atoms with Crippen LogP contribution in [0.4, 0.5) is 20.6 Å². The van der Waals surface area contributed by atoms with E-state index in [1.54, 1.807) is 35.2 Å². The highest BCUT2D eigenvalue weighted by atomic mass is 19.1. The molecule has 2 N–H and O–H groups in total. The summed E-state index contributed by atoms with van der Waals surface area (Å²) in [6.45, 7) is 4.26. The molecule has 0 atom stereocenters. The van der Waals surface area contributed by atoms with Crippen LogP contribution in [0.2, 0.25) is 0 Å². The van der Waals surface area contributed by atoms with Crippen LogP contribution in [0.1, 0.15) is 55.5 Å². The molecule has 2 aromatic carbocycles. The normalized spacial score (nSPS) is 16.9. The number of rotatable bonds is 3. The summed E-state index contributed by atoms with van der Waals surface area (Å²) in [5, 5.41) is 5.52. The van der Waals surface area contributed by atoms with Crippen molar-refractivity contribution in [2.75, 3.05) is 16.8 Å². The first-order valence-electron chi connectivity index (χ1n) is 10.2. The van der Waals surface area contributed by atoms with E-state index in [0.29, 0.717) is 29.0 Å². The molecular weight excluding hydrogens is 369 g/mol. The van der Waals surface area contributed by atoms with E-state index in [1.807, 2.05) is 19.9 Å². The molecule has 1 saturated carbocycles. The Morgan fingerprint density at radius 3 is 2.55 bits per heavy atom. The number of amides is 3. The lowest BCUT2D eigenvalue weighted by atomic mass is 9.80. The van der Waals surface area contributed by atoms with Crippen molar-refractivity contribution < 1.29 is 14.0 Å². The van der Waals surface area contributed by atoms with Gasteiger partial charge in [-0.15, -0.1) is 0 Å². The predicted octanol–water partition coefficient (Wildman–Crippen LogP) is 4.83. The van der Waals surface area contributed by atoms with Gasteiger partial charge in [-0.25, -0.2) is 9.18 Å². The number of hydrogen-bond donors (Lipinski definition) is 2. The Morgan fingerprint density at radius 1 is 1.10 bits per heavy atom. The third-order valence-electron chi connectivity index (χ3n) is 5.87. The van der Waals surface area contributed by atoms with Gasteiger partial charge in [0.1, 0.15) is 5.82 Å². The highest BCUT2D eigenvalue weighted by Crippen LogP contribution is 2.51. The maximum Gasteiger partial charge on any atom is 0.319 e. The van der Waals surface area contributed by atoms with Crippen molar-refractivity contribution >= 4 is 23.3 Å². The Hall–Kier alpha value is -2.89. The molecule has 2 aliphatic rings. The van der Waals surface area contributed by atoms with Crippen LogP contribution in [-0.2, 0) is 5.41 Å². The fourth-order valence-corrected chi connectivity index (χ4v) is 4.69. The first kappa shape index (κ1) is 19.4. The summed E-state index contributed by atoms with van der Waals surface area (Å²) in [7, 11) is 0. The second-order valence-electron chi connectivity index (χ2n) is 8.35. The van der Waals surface area contributed by atoms with Gasteiger partial charge in [0, 0.05) is 34.8 Å². The topological polar surface area (TPSA) is 61.4 Å². The molecule has 1 aliphatic carbocycles. The fraction of sp³-hybridized carbons (Fsp3) is 0.391. The molecule has 29 heavy (non-hydrogen) atoms. The Balaban J connectivity index is 1.62. The van der Waals surface area contributed by atoms with Crippen LogP contribution in [0.3, 0.4) is 0 Å². The second kappa shape index (κ2) is 7.50. The minimum Gasteiger partial charge on any atom is -0.336 e. The monoisotopic (exact) mass is 395 g/mol. The number of carbonyl (C=O) groups is 2. The van der Waals surface area contributed by atoms with Crippen molar-refractivity contribution in [3.8, 4) is 0 Å². The van der Waals surface area contributed by atoms with Crippen molar-refractivity contribution in [1.29, 1.82) is 0 Å². The van der Waals surface area contributed by atoms with Crippen LogP contribution in [0.15, 0.2) is 42.5 Å². The molecule has 6 heteroatoms. The van der Waals surface area contributed by atoms with Crippen molar-refractivity contribution in [3.63, 3.8) is 0 Å². The maximum atomic E-state index is 14.7. The zero-order chi connectivity index (χ0) is 20.6. The number of urea groups is 1. The van der Waals surface area contributed by atoms with Crippen LogP contribution in [0, 0.1) is 5.82 Å². The number of hydrogen-bond acceptors (Lipinski definition) is 2. The van der Waals surface area contributed by atoms with Gasteiger partial charge in [0.05, 0.1) is 5.69 Å². The first-order valence-corrected chi connectivity index (χ1v) is 10.2. The van der Waals surface area contributed by atoms with Gasteiger partial charge in [-0.1, -0.05) is 25.0 Å². The Bertz CT molecular complexity index is 951. The first-order chi connectivity index (χ1) is 13.9. The standard InChI is InChI=1S/C23H26FN3O2/c1-15(2)25-22(29)26-17-8-5-7-16(13-17)21(28)27-14-23(11-3-4-12-23)20-18(24)9-6-10-19(20)27/h5-10,13,15H,3-4,11-12,14H2,1-2H3,(H2,25,26,29). The molecule has 1 fully saturated rings. The van der Waals surface area contributed by atoms with Crippen LogP contribution in [0.5, 0.6) is 0 Å². The predicted molar refractivity (Wildman–Crippen MR) is 112 cm³/mol. The van der Waals surface area contributed by atoms with Crippen molar-refractivity contribution in [3.05, 3.63) is 59.4 Å². The van der Waals surface area contributed by atoms with Gasteiger partial charge in [-0.05, 0) is 57.0 Å². The minimum atomic E-state index is -0.317. The second-order valence-corrected chi connectivity index (χ2v) is 8.35. The summed E-state index contributed by atoms with van der Waals surface area (Å²) in [5.41, 5.74) is 2.11. The lowest BCUT2D eigenvalue weighted by Crippen LogP contribution is -2.36. The molecule has 4 rings (SSSR count). The third-order valence-corrected chi connectivity index (χ3v) is 5.87. The summed E-state index contributed by atoms with van der Waals surface area (Å²) >= 11 is 0. The largest absolute Gasteiger partial charge is 0.336 e. The lowest BCUT2D eigenvalue weighted by Gasteiger charge is -2.25. The Labute approximate surface area is 170 Å². The van der Waals surface area contributed by atoms with Crippen LogP contribution in [-0.4, -0.2) is 24.5 Å². The quantitative estimate of drug-likeness (QED) is 0.782. The summed E-state index contributed by atoms with van der Waals surface area (Å²) in [6.07, 6.45) is 3.92. The van der Waals surface area contributed by atoms with Gasteiger partial charge in [-0.3, -0.25) is 4.79 Å². The maximum absolute atomic E-state index is 14.7. The molecule has 1 spiro atoms. The molecule has 0 unspecified atom stereocenters. The molecule has 0 saturated heterocycles. The number of anilines is 2. The van der Waals surface area contributed by atoms with Gasteiger partial charge >= 0.3 is 6.03 Å². The van der Waals surface area contributed by atoms with Crippen LogP contribution < -0.4 is 15.5 Å². The van der Waals surface area contributed by atoms with E-state index in [0.717, 1.165) is 25.7 Å². The molecule has 152 valence electrons. The average molecular weight is 395 g/mol. The number of fused-ring (bicyclic) bond motifs is 2. The van der Waals surface area contributed by atoms with E-state index in [-0.39, 0.29) is 29.2 Å². The summed E-state index contributed by atoms with van der Waals surface area (Å²) < 4.78 is 14.7. The highest BCUT2D eigenvalue weighted by molar-refractivity contribution is 6.08. The van der Waals surface area contributed by atoms with Gasteiger partial charge in [0.2, 0.25) is 0 Å². The number of carbonyl (C=O) groups excluding carboxylic acids is 2. The molecule has 2 aromatic rings. The lowest BCUT2D eigenvalue weighted by molar-refractivity contribution is 0.0985. The van der Waals surface area contributed by atoms with Crippen molar-refractivity contribution in [2.24, 2.45) is 0 Å². The highest BCUT2D eigenvalue weighted by Gasteiger charge is 2.48. The third kappa shape index (κ3) is 3.59. The molecular formula is C23H26FN3O2. The van der Waals surface area contributed by atoms with Crippen molar-refractivity contribution in [2.45, 2.75) is 51.0 Å². The smallest absolute Gasteiger partial charge is 0.319 e. The number of benzene rings is 2.